The number of hydrogen-bond donors (Lipinski definition) is 4. The summed E-state index contributed by atoms with van der Waals surface area (Å²) in [5.74, 6) is -0.954. The van der Waals surface area contributed by atoms with E-state index in [4.69, 9.17) is 23.0 Å². The molecule has 53 heavy (non-hydrogen) atoms. The highest BCUT2D eigenvalue weighted by Gasteiger charge is 2.51. The number of ether oxygens (including phenoxy) is 2. The molecule has 4 N–H and O–H groups in total. The highest BCUT2D eigenvalue weighted by molar-refractivity contribution is 7.53. The van der Waals surface area contributed by atoms with Crippen LogP contribution < -0.4 is 10.9 Å². The van der Waals surface area contributed by atoms with Crippen molar-refractivity contribution >= 4 is 49.9 Å². The topological polar surface area (TPSA) is 257 Å². The van der Waals surface area contributed by atoms with Crippen LogP contribution >= 0.6 is 15.9 Å². The standard InChI is InChI=1S/C31H35N9O11P2/c1-15-20(49-31(24(15)50-52(44)45)40-14-35-22-27(40)36-17(3)37-29(22)43)11-47-53(4,46)51-23-16(2)30(48-19(23)10-41)39-13-34-21-25(32-12-33-26(21)39)38-28(42)18-8-6-5-7-9-18/h5-9,12-16,19-20,23-24,30-31,41H,10-11H2,1-4H3,(H2-,32,33,36,37,38,42,43,44,45)/p+1/t15?,16-,19+,20+,23?,24-,30+,31+,53?/m0/s1. The van der Waals surface area contributed by atoms with Crippen LogP contribution in [0.1, 0.15) is 42.5 Å². The minimum Gasteiger partial charge on any atom is -0.394 e. The molecule has 4 aromatic heterocycles. The van der Waals surface area contributed by atoms with Crippen molar-refractivity contribution in [2.45, 2.75) is 57.6 Å². The smallest absolute Gasteiger partial charge is 0.394 e. The fourth-order valence-electron chi connectivity index (χ4n) is 6.61. The van der Waals surface area contributed by atoms with Crippen LogP contribution in [0.25, 0.3) is 22.3 Å². The third-order valence-electron chi connectivity index (χ3n) is 9.25. The number of anilines is 1. The summed E-state index contributed by atoms with van der Waals surface area (Å²) in [4.78, 5) is 58.9. The van der Waals surface area contributed by atoms with Crippen LogP contribution in [0.3, 0.4) is 0 Å². The molecule has 22 heteroatoms. The molecule has 1 aromatic carbocycles. The number of fused-ring (bicyclic) bond motifs is 2. The van der Waals surface area contributed by atoms with Gasteiger partial charge in [-0.2, -0.15) is 0 Å². The Balaban J connectivity index is 1.05. The number of rotatable bonds is 12. The first-order chi connectivity index (χ1) is 25.3. The number of aliphatic hydroxyl groups is 1. The van der Waals surface area contributed by atoms with Crippen LogP contribution in [0, 0.1) is 18.8 Å². The van der Waals surface area contributed by atoms with E-state index in [0.717, 1.165) is 0 Å². The fourth-order valence-corrected chi connectivity index (χ4v) is 8.36. The number of nitrogens with zero attached hydrogens (tertiary/aromatic N) is 7. The van der Waals surface area contributed by atoms with E-state index in [9.17, 15) is 28.7 Å². The van der Waals surface area contributed by atoms with Gasteiger partial charge in [-0.05, 0) is 19.1 Å². The predicted molar refractivity (Wildman–Crippen MR) is 185 cm³/mol. The van der Waals surface area contributed by atoms with Gasteiger partial charge in [0.1, 0.15) is 30.6 Å². The lowest BCUT2D eigenvalue weighted by Crippen LogP contribution is -2.31. The Bertz CT molecular complexity index is 2270. The minimum atomic E-state index is -3.89. The Morgan fingerprint density at radius 3 is 2.42 bits per heavy atom. The number of aromatic nitrogens is 8. The van der Waals surface area contributed by atoms with Gasteiger partial charge in [-0.15, -0.1) is 9.42 Å². The van der Waals surface area contributed by atoms with E-state index < -0.39 is 76.7 Å². The molecule has 10 atom stereocenters. The number of carbonyl (C=O) groups is 1. The second kappa shape index (κ2) is 14.8. The number of aromatic amines is 1. The van der Waals surface area contributed by atoms with Crippen molar-refractivity contribution in [1.29, 1.82) is 0 Å². The van der Waals surface area contributed by atoms with E-state index in [2.05, 4.69) is 35.2 Å². The van der Waals surface area contributed by atoms with Gasteiger partial charge in [0.25, 0.3) is 11.5 Å². The van der Waals surface area contributed by atoms with E-state index in [0.29, 0.717) is 22.6 Å². The molecular formula is C31H36N9O11P2+. The quantitative estimate of drug-likeness (QED) is 0.133. The van der Waals surface area contributed by atoms with Crippen molar-refractivity contribution in [2.75, 3.05) is 25.2 Å². The van der Waals surface area contributed by atoms with Crippen molar-refractivity contribution in [1.82, 2.24) is 39.0 Å². The van der Waals surface area contributed by atoms with Crippen LogP contribution in [0.5, 0.6) is 0 Å². The maximum Gasteiger partial charge on any atom is 0.695 e. The number of nitrogens with one attached hydrogen (secondary N) is 2. The molecule has 6 heterocycles. The maximum absolute atomic E-state index is 13.8. The first-order valence-corrected chi connectivity index (χ1v) is 19.6. The number of amides is 1. The van der Waals surface area contributed by atoms with E-state index in [1.807, 2.05) is 0 Å². The molecule has 2 saturated heterocycles. The average Bonchev–Trinajstić information content (AvgIpc) is 3.89. The van der Waals surface area contributed by atoms with E-state index in [1.165, 1.54) is 30.2 Å². The zero-order valence-electron chi connectivity index (χ0n) is 28.7. The lowest BCUT2D eigenvalue weighted by molar-refractivity contribution is -0.0498. The van der Waals surface area contributed by atoms with Crippen molar-refractivity contribution in [3.05, 3.63) is 71.1 Å². The van der Waals surface area contributed by atoms with Crippen molar-refractivity contribution in [3.63, 3.8) is 0 Å². The van der Waals surface area contributed by atoms with Gasteiger partial charge < -0.3 is 33.9 Å². The third-order valence-corrected chi connectivity index (χ3v) is 10.9. The van der Waals surface area contributed by atoms with E-state index in [1.54, 1.807) is 55.7 Å². The van der Waals surface area contributed by atoms with Gasteiger partial charge >= 0.3 is 15.9 Å². The Hall–Kier alpha value is -4.36. The number of aryl methyl sites for hydroxylation is 1. The fraction of sp³-hybridized carbons (Fsp3) is 0.452. The lowest BCUT2D eigenvalue weighted by Gasteiger charge is -2.26. The number of hydrogen-bond acceptors (Lipinski definition) is 15. The molecule has 0 radical (unpaired) electrons. The summed E-state index contributed by atoms with van der Waals surface area (Å²) in [6.45, 7) is 5.63. The predicted octanol–water partition coefficient (Wildman–Crippen LogP) is 2.84. The second-order valence-electron chi connectivity index (χ2n) is 12.8. The van der Waals surface area contributed by atoms with Gasteiger partial charge in [-0.3, -0.25) is 23.3 Å². The molecule has 20 nitrogen and oxygen atoms in total. The number of imidazole rings is 2. The maximum atomic E-state index is 13.8. The highest BCUT2D eigenvalue weighted by atomic mass is 31.2. The first kappa shape index (κ1) is 37.0. The summed E-state index contributed by atoms with van der Waals surface area (Å²) in [6, 6.07) is 8.63. The van der Waals surface area contributed by atoms with Crippen LogP contribution in [-0.2, 0) is 32.2 Å². The van der Waals surface area contributed by atoms with Gasteiger partial charge in [0, 0.05) is 28.6 Å². The molecule has 1 amide bonds. The molecule has 7 rings (SSSR count). The van der Waals surface area contributed by atoms with Crippen molar-refractivity contribution < 1.29 is 47.0 Å². The van der Waals surface area contributed by atoms with Gasteiger partial charge in [0.2, 0.25) is 0 Å². The molecule has 4 unspecified atom stereocenters. The summed E-state index contributed by atoms with van der Waals surface area (Å²) < 4.78 is 58.3. The number of aliphatic hydroxyl groups excluding tert-OH is 1. The second-order valence-corrected chi connectivity index (χ2v) is 15.5. The number of carbonyl (C=O) groups excluding carboxylic acids is 1. The summed E-state index contributed by atoms with van der Waals surface area (Å²) in [6.07, 6.45) is -1.38. The first-order valence-electron chi connectivity index (χ1n) is 16.5. The molecule has 2 aliphatic rings. The molecule has 5 aromatic rings. The van der Waals surface area contributed by atoms with Crippen molar-refractivity contribution in [2.24, 2.45) is 11.8 Å². The van der Waals surface area contributed by atoms with Crippen LogP contribution in [-0.4, -0.2) is 99.2 Å². The summed E-state index contributed by atoms with van der Waals surface area (Å²) in [5.41, 5.74) is 0.844. The molecule has 2 fully saturated rings. The van der Waals surface area contributed by atoms with Crippen molar-refractivity contribution in [3.8, 4) is 0 Å². The molecule has 0 aliphatic carbocycles. The molecule has 0 saturated carbocycles. The molecular weight excluding hydrogens is 736 g/mol. The highest BCUT2D eigenvalue weighted by Crippen LogP contribution is 2.52. The number of benzene rings is 1. The summed E-state index contributed by atoms with van der Waals surface area (Å²) >= 11 is 0. The Labute approximate surface area is 301 Å². The Morgan fingerprint density at radius 2 is 1.70 bits per heavy atom. The summed E-state index contributed by atoms with van der Waals surface area (Å²) in [5, 5.41) is 13.0. The minimum absolute atomic E-state index is 0.0428. The third kappa shape index (κ3) is 7.29. The normalized spacial score (nSPS) is 27.3. The Morgan fingerprint density at radius 1 is 1.00 bits per heavy atom. The average molecular weight is 773 g/mol. The largest absolute Gasteiger partial charge is 0.695 e. The van der Waals surface area contributed by atoms with Gasteiger partial charge in [0.05, 0.1) is 32.0 Å². The van der Waals surface area contributed by atoms with E-state index >= 15 is 0 Å². The van der Waals surface area contributed by atoms with Crippen LogP contribution in [0.2, 0.25) is 0 Å². The molecule has 280 valence electrons. The van der Waals surface area contributed by atoms with Gasteiger partial charge in [-0.25, -0.2) is 24.9 Å². The lowest BCUT2D eigenvalue weighted by atomic mass is 10.0. The van der Waals surface area contributed by atoms with E-state index in [-0.39, 0.29) is 29.5 Å². The SMILES string of the molecule is Cc1nc2c(ncn2[C@@H]2O[C@H](COP(C)(=O)OC3[C@@H](CO)O[C@@H](n4cnc5c(NC(=O)c6ccccc6)ncnc54)[C@H]3C)C(C)[C@@H]2O[P+](=O)O)c(=O)[nH]1. The Kier molecular flexibility index (Phi) is 10.3. The molecule has 0 bridgehead atoms. The summed E-state index contributed by atoms with van der Waals surface area (Å²) in [7, 11) is -6.94. The van der Waals surface area contributed by atoms with Crippen LogP contribution in [0.15, 0.2) is 54.1 Å². The monoisotopic (exact) mass is 772 g/mol. The van der Waals surface area contributed by atoms with Crippen LogP contribution in [0.4, 0.5) is 5.82 Å². The number of H-pyrrole nitrogens is 1. The van der Waals surface area contributed by atoms with Gasteiger partial charge in [0.15, 0.2) is 40.5 Å². The molecule has 0 spiro atoms. The molecule has 2 aliphatic heterocycles. The zero-order chi connectivity index (χ0) is 37.6. The van der Waals surface area contributed by atoms with Gasteiger partial charge in [-0.1, -0.05) is 32.0 Å². The zero-order valence-corrected chi connectivity index (χ0v) is 30.5.